The number of aryl methyl sites for hydroxylation is 1. The van der Waals surface area contributed by atoms with Crippen LogP contribution in [-0.4, -0.2) is 16.4 Å². The molecule has 1 aliphatic carbocycles. The Kier molecular flexibility index (Phi) is 2.40. The number of nitrogens with zero attached hydrogens (tertiary/aromatic N) is 1. The van der Waals surface area contributed by atoms with Crippen molar-refractivity contribution in [3.05, 3.63) is 23.0 Å². The third-order valence-corrected chi connectivity index (χ3v) is 2.75. The normalized spacial score (nSPS) is 17.3. The minimum atomic E-state index is -0.661. The summed E-state index contributed by atoms with van der Waals surface area (Å²) in [5.41, 5.74) is 6.46. The summed E-state index contributed by atoms with van der Waals surface area (Å²) in [6.07, 6.45) is 1.50. The van der Waals surface area contributed by atoms with E-state index >= 15 is 0 Å². The SMILES string of the molecule is Cc1nc(Cl)ccc1NC(=O)C1(N)CC1. The third-order valence-electron chi connectivity index (χ3n) is 2.54. The summed E-state index contributed by atoms with van der Waals surface area (Å²) in [4.78, 5) is 15.7. The number of carbonyl (C=O) groups is 1. The van der Waals surface area contributed by atoms with Gasteiger partial charge in [-0.15, -0.1) is 0 Å². The second-order valence-electron chi connectivity index (χ2n) is 3.88. The molecule has 5 heteroatoms. The van der Waals surface area contributed by atoms with E-state index in [1.807, 2.05) is 0 Å². The van der Waals surface area contributed by atoms with E-state index in [0.29, 0.717) is 16.5 Å². The van der Waals surface area contributed by atoms with Crippen molar-refractivity contribution < 1.29 is 4.79 Å². The molecule has 1 heterocycles. The predicted octanol–water partition coefficient (Wildman–Crippen LogP) is 1.47. The third kappa shape index (κ3) is 2.11. The van der Waals surface area contributed by atoms with E-state index in [1.54, 1.807) is 19.1 Å². The molecule has 1 amide bonds. The van der Waals surface area contributed by atoms with Crippen LogP contribution in [0.15, 0.2) is 12.1 Å². The minimum absolute atomic E-state index is 0.144. The van der Waals surface area contributed by atoms with Crippen LogP contribution in [0.5, 0.6) is 0 Å². The lowest BCUT2D eigenvalue weighted by Crippen LogP contribution is -2.38. The van der Waals surface area contributed by atoms with E-state index in [2.05, 4.69) is 10.3 Å². The first-order chi connectivity index (χ1) is 7.01. The first kappa shape index (κ1) is 10.4. The van der Waals surface area contributed by atoms with E-state index < -0.39 is 5.54 Å². The highest BCUT2D eigenvalue weighted by Crippen LogP contribution is 2.33. The molecule has 0 saturated heterocycles. The van der Waals surface area contributed by atoms with Gasteiger partial charge in [0.25, 0.3) is 0 Å². The molecule has 0 spiro atoms. The lowest BCUT2D eigenvalue weighted by Gasteiger charge is -2.11. The van der Waals surface area contributed by atoms with Crippen molar-refractivity contribution in [3.8, 4) is 0 Å². The van der Waals surface area contributed by atoms with Gasteiger partial charge in [-0.3, -0.25) is 4.79 Å². The van der Waals surface area contributed by atoms with Crippen LogP contribution in [0, 0.1) is 6.92 Å². The summed E-state index contributed by atoms with van der Waals surface area (Å²) < 4.78 is 0. The Morgan fingerprint density at radius 1 is 1.60 bits per heavy atom. The van der Waals surface area contributed by atoms with Crippen LogP contribution in [-0.2, 0) is 4.79 Å². The van der Waals surface area contributed by atoms with Gasteiger partial charge >= 0.3 is 0 Å². The van der Waals surface area contributed by atoms with Gasteiger partial charge in [-0.1, -0.05) is 11.6 Å². The first-order valence-electron chi connectivity index (χ1n) is 4.75. The zero-order valence-corrected chi connectivity index (χ0v) is 9.14. The van der Waals surface area contributed by atoms with E-state index in [-0.39, 0.29) is 5.91 Å². The van der Waals surface area contributed by atoms with Crippen LogP contribution in [0.1, 0.15) is 18.5 Å². The molecule has 0 atom stereocenters. The Morgan fingerprint density at radius 2 is 2.27 bits per heavy atom. The van der Waals surface area contributed by atoms with E-state index in [0.717, 1.165) is 12.8 Å². The molecular formula is C10H12ClN3O. The zero-order chi connectivity index (χ0) is 11.1. The van der Waals surface area contributed by atoms with Gasteiger partial charge in [0.1, 0.15) is 5.15 Å². The second kappa shape index (κ2) is 3.47. The van der Waals surface area contributed by atoms with Crippen molar-refractivity contribution in [2.45, 2.75) is 25.3 Å². The molecule has 3 N–H and O–H groups in total. The van der Waals surface area contributed by atoms with Crippen LogP contribution in [0.3, 0.4) is 0 Å². The van der Waals surface area contributed by atoms with Gasteiger partial charge in [-0.05, 0) is 31.9 Å². The molecule has 0 unspecified atom stereocenters. The number of nitrogens with one attached hydrogen (secondary N) is 1. The van der Waals surface area contributed by atoms with Crippen molar-refractivity contribution in [1.29, 1.82) is 0 Å². The number of pyridine rings is 1. The van der Waals surface area contributed by atoms with Crippen LogP contribution in [0.4, 0.5) is 5.69 Å². The Balaban J connectivity index is 2.14. The lowest BCUT2D eigenvalue weighted by molar-refractivity contribution is -0.118. The van der Waals surface area contributed by atoms with E-state index in [4.69, 9.17) is 17.3 Å². The molecule has 1 aromatic rings. The first-order valence-corrected chi connectivity index (χ1v) is 5.12. The number of hydrogen-bond acceptors (Lipinski definition) is 3. The fourth-order valence-electron chi connectivity index (χ4n) is 1.27. The highest BCUT2D eigenvalue weighted by atomic mass is 35.5. The van der Waals surface area contributed by atoms with E-state index in [1.165, 1.54) is 0 Å². The molecule has 80 valence electrons. The van der Waals surface area contributed by atoms with Crippen molar-refractivity contribution in [2.24, 2.45) is 5.73 Å². The molecule has 1 aromatic heterocycles. The smallest absolute Gasteiger partial charge is 0.244 e. The topological polar surface area (TPSA) is 68.0 Å². The summed E-state index contributed by atoms with van der Waals surface area (Å²) >= 11 is 5.71. The number of halogens is 1. The summed E-state index contributed by atoms with van der Waals surface area (Å²) in [5, 5.41) is 3.17. The van der Waals surface area contributed by atoms with Gasteiger partial charge in [0.2, 0.25) is 5.91 Å². The Bertz CT molecular complexity index is 415. The molecule has 0 bridgehead atoms. The fourth-order valence-corrected chi connectivity index (χ4v) is 1.46. The number of carbonyl (C=O) groups excluding carboxylic acids is 1. The van der Waals surface area contributed by atoms with Gasteiger partial charge < -0.3 is 11.1 Å². The standard InChI is InChI=1S/C10H12ClN3O/c1-6-7(2-3-8(11)13-6)14-9(15)10(12)4-5-10/h2-3H,4-5,12H2,1H3,(H,14,15). The molecular weight excluding hydrogens is 214 g/mol. The average Bonchev–Trinajstić information content (AvgIpc) is 2.90. The summed E-state index contributed by atoms with van der Waals surface area (Å²) in [6.45, 7) is 1.79. The monoisotopic (exact) mass is 225 g/mol. The number of anilines is 1. The molecule has 0 aromatic carbocycles. The van der Waals surface area contributed by atoms with Crippen LogP contribution < -0.4 is 11.1 Å². The van der Waals surface area contributed by atoms with Gasteiger partial charge in [0.05, 0.1) is 16.9 Å². The summed E-state index contributed by atoms with van der Waals surface area (Å²) in [5.74, 6) is -0.144. The Hall–Kier alpha value is -1.13. The van der Waals surface area contributed by atoms with Crippen LogP contribution in [0.2, 0.25) is 5.15 Å². The number of hydrogen-bond donors (Lipinski definition) is 2. The second-order valence-corrected chi connectivity index (χ2v) is 4.26. The summed E-state index contributed by atoms with van der Waals surface area (Å²) in [6, 6.07) is 3.37. The number of nitrogens with two attached hydrogens (primary N) is 1. The predicted molar refractivity (Wildman–Crippen MR) is 58.8 cm³/mol. The summed E-state index contributed by atoms with van der Waals surface area (Å²) in [7, 11) is 0. The Labute approximate surface area is 92.8 Å². The zero-order valence-electron chi connectivity index (χ0n) is 8.38. The average molecular weight is 226 g/mol. The Morgan fingerprint density at radius 3 is 2.80 bits per heavy atom. The van der Waals surface area contributed by atoms with E-state index in [9.17, 15) is 4.79 Å². The highest BCUT2D eigenvalue weighted by Gasteiger charge is 2.46. The van der Waals surface area contributed by atoms with Gasteiger partial charge in [-0.2, -0.15) is 0 Å². The molecule has 1 fully saturated rings. The van der Waals surface area contributed by atoms with Crippen LogP contribution in [0.25, 0.3) is 0 Å². The molecule has 0 aliphatic heterocycles. The number of aromatic nitrogens is 1. The van der Waals surface area contributed by atoms with Gasteiger partial charge in [-0.25, -0.2) is 4.98 Å². The molecule has 4 nitrogen and oxygen atoms in total. The molecule has 0 radical (unpaired) electrons. The maximum Gasteiger partial charge on any atom is 0.244 e. The fraction of sp³-hybridized carbons (Fsp3) is 0.400. The van der Waals surface area contributed by atoms with Crippen LogP contribution >= 0.6 is 11.6 Å². The molecule has 15 heavy (non-hydrogen) atoms. The molecule has 1 saturated carbocycles. The largest absolute Gasteiger partial charge is 0.323 e. The number of rotatable bonds is 2. The molecule has 1 aliphatic rings. The van der Waals surface area contributed by atoms with Crippen molar-refractivity contribution in [1.82, 2.24) is 4.98 Å². The number of amides is 1. The quantitative estimate of drug-likeness (QED) is 0.749. The van der Waals surface area contributed by atoms with Gasteiger partial charge in [0, 0.05) is 0 Å². The van der Waals surface area contributed by atoms with Crippen molar-refractivity contribution in [3.63, 3.8) is 0 Å². The molecule has 2 rings (SSSR count). The highest BCUT2D eigenvalue weighted by molar-refractivity contribution is 6.29. The van der Waals surface area contributed by atoms with Gasteiger partial charge in [0.15, 0.2) is 0 Å². The minimum Gasteiger partial charge on any atom is -0.323 e. The van der Waals surface area contributed by atoms with Crippen molar-refractivity contribution in [2.75, 3.05) is 5.32 Å². The lowest BCUT2D eigenvalue weighted by atomic mass is 10.2. The maximum atomic E-state index is 11.6. The maximum absolute atomic E-state index is 11.6. The van der Waals surface area contributed by atoms with Crippen molar-refractivity contribution >= 4 is 23.2 Å².